The summed E-state index contributed by atoms with van der Waals surface area (Å²) in [5, 5.41) is 0. The summed E-state index contributed by atoms with van der Waals surface area (Å²) < 4.78 is 0.481. The lowest BCUT2D eigenvalue weighted by Crippen LogP contribution is -2.25. The van der Waals surface area contributed by atoms with E-state index in [1.165, 1.54) is 19.3 Å². The maximum Gasteiger partial charge on any atom is 0.0197 e. The molecule has 0 aromatic rings. The number of hydrogen-bond acceptors (Lipinski definition) is 0. The molecule has 0 amide bonds. The third-order valence-electron chi connectivity index (χ3n) is 2.61. The predicted octanol–water partition coefficient (Wildman–Crippen LogP) is 3.95. The van der Waals surface area contributed by atoms with Crippen LogP contribution in [0, 0.1) is 5.92 Å². The van der Waals surface area contributed by atoms with Gasteiger partial charge in [-0.3, -0.25) is 0 Å². The summed E-state index contributed by atoms with van der Waals surface area (Å²) in [5.74, 6) is 0.895. The minimum Gasteiger partial charge on any atom is -0.0853 e. The normalized spacial score (nSPS) is 26.5. The van der Waals surface area contributed by atoms with Crippen LogP contribution in [0.1, 0.15) is 40.0 Å². The van der Waals surface area contributed by atoms with E-state index in [1.807, 2.05) is 0 Å². The molecule has 0 nitrogen and oxygen atoms in total. The fraction of sp³-hybridized carbons (Fsp3) is 0.800. The van der Waals surface area contributed by atoms with Crippen LogP contribution in [0.15, 0.2) is 11.6 Å². The molecule has 0 aliphatic heterocycles. The van der Waals surface area contributed by atoms with Gasteiger partial charge in [0.15, 0.2) is 0 Å². The average Bonchev–Trinajstić information content (AvgIpc) is 1.86. The van der Waals surface area contributed by atoms with E-state index in [1.54, 1.807) is 5.57 Å². The van der Waals surface area contributed by atoms with Gasteiger partial charge in [-0.05, 0) is 32.1 Å². The summed E-state index contributed by atoms with van der Waals surface area (Å²) >= 11 is 2.57. The molecule has 1 unspecified atom stereocenters. The van der Waals surface area contributed by atoms with Crippen LogP contribution >= 0.6 is 22.6 Å². The van der Waals surface area contributed by atoms with E-state index in [9.17, 15) is 0 Å². The molecule has 1 heteroatoms. The fourth-order valence-electron chi connectivity index (χ4n) is 1.59. The average molecular weight is 264 g/mol. The zero-order valence-corrected chi connectivity index (χ0v) is 9.81. The van der Waals surface area contributed by atoms with Crippen LogP contribution in [0.25, 0.3) is 0 Å². The molecule has 11 heavy (non-hydrogen) atoms. The van der Waals surface area contributed by atoms with Gasteiger partial charge in [-0.1, -0.05) is 48.1 Å². The maximum atomic E-state index is 2.57. The topological polar surface area (TPSA) is 0 Å². The van der Waals surface area contributed by atoms with Gasteiger partial charge in [0, 0.05) is 3.42 Å². The highest BCUT2D eigenvalue weighted by atomic mass is 127. The van der Waals surface area contributed by atoms with Crippen molar-refractivity contribution in [2.45, 2.75) is 43.5 Å². The summed E-state index contributed by atoms with van der Waals surface area (Å²) in [5.41, 5.74) is 1.59. The summed E-state index contributed by atoms with van der Waals surface area (Å²) in [4.78, 5) is 0. The van der Waals surface area contributed by atoms with Gasteiger partial charge >= 0.3 is 0 Å². The first-order valence-electron chi connectivity index (χ1n) is 4.34. The quantitative estimate of drug-likeness (QED) is 0.382. The molecular weight excluding hydrogens is 247 g/mol. The van der Waals surface area contributed by atoms with Crippen molar-refractivity contribution in [1.29, 1.82) is 0 Å². The zero-order valence-electron chi connectivity index (χ0n) is 7.65. The van der Waals surface area contributed by atoms with Gasteiger partial charge in [-0.2, -0.15) is 0 Å². The number of halogens is 1. The van der Waals surface area contributed by atoms with Crippen molar-refractivity contribution in [2.24, 2.45) is 5.92 Å². The molecule has 0 spiro atoms. The molecule has 1 rings (SSSR count). The summed E-state index contributed by atoms with van der Waals surface area (Å²) in [6.45, 7) is 6.93. The van der Waals surface area contributed by atoms with E-state index in [0.717, 1.165) is 5.92 Å². The van der Waals surface area contributed by atoms with Crippen LogP contribution in [0.4, 0.5) is 0 Å². The van der Waals surface area contributed by atoms with Crippen LogP contribution in [-0.2, 0) is 0 Å². The van der Waals surface area contributed by atoms with Crippen LogP contribution in [-0.4, -0.2) is 3.42 Å². The Bertz CT molecular complexity index is 162. The van der Waals surface area contributed by atoms with Crippen molar-refractivity contribution >= 4 is 22.6 Å². The second kappa shape index (κ2) is 3.46. The molecule has 1 aliphatic rings. The highest BCUT2D eigenvalue weighted by molar-refractivity contribution is 14.1. The van der Waals surface area contributed by atoms with Crippen LogP contribution in [0.3, 0.4) is 0 Å². The first kappa shape index (κ1) is 9.56. The fourth-order valence-corrected chi connectivity index (χ4v) is 2.15. The number of allylic oxidation sites excluding steroid dienone is 2. The Labute approximate surface area is 83.6 Å². The maximum absolute atomic E-state index is 2.57. The van der Waals surface area contributed by atoms with Crippen molar-refractivity contribution in [1.82, 2.24) is 0 Å². The number of rotatable bonds is 1. The second-order valence-electron chi connectivity index (χ2n) is 4.09. The first-order chi connectivity index (χ1) is 5.00. The van der Waals surface area contributed by atoms with E-state index < -0.39 is 0 Å². The van der Waals surface area contributed by atoms with Gasteiger partial charge in [-0.15, -0.1) is 0 Å². The largest absolute Gasteiger partial charge is 0.0853 e. The Balaban J connectivity index is 2.54. The van der Waals surface area contributed by atoms with Gasteiger partial charge in [0.2, 0.25) is 0 Å². The summed E-state index contributed by atoms with van der Waals surface area (Å²) in [6.07, 6.45) is 6.41. The van der Waals surface area contributed by atoms with Crippen LogP contribution in [0.5, 0.6) is 0 Å². The molecule has 0 radical (unpaired) electrons. The lowest BCUT2D eigenvalue weighted by Gasteiger charge is -2.31. The second-order valence-corrected chi connectivity index (χ2v) is 6.87. The molecule has 0 heterocycles. The van der Waals surface area contributed by atoms with Crippen molar-refractivity contribution in [2.75, 3.05) is 0 Å². The van der Waals surface area contributed by atoms with Gasteiger partial charge in [0.1, 0.15) is 0 Å². The third kappa shape index (κ3) is 2.77. The van der Waals surface area contributed by atoms with E-state index >= 15 is 0 Å². The molecular formula is C10H17I. The smallest absolute Gasteiger partial charge is 0.0197 e. The van der Waals surface area contributed by atoms with Gasteiger partial charge in [-0.25, -0.2) is 0 Å². The molecule has 0 fully saturated rings. The summed E-state index contributed by atoms with van der Waals surface area (Å²) in [7, 11) is 0. The Morgan fingerprint density at radius 2 is 2.18 bits per heavy atom. The highest BCUT2D eigenvalue weighted by Crippen LogP contribution is 2.37. The van der Waals surface area contributed by atoms with Crippen molar-refractivity contribution in [3.8, 4) is 0 Å². The summed E-state index contributed by atoms with van der Waals surface area (Å²) in [6, 6.07) is 0. The van der Waals surface area contributed by atoms with Crippen molar-refractivity contribution in [3.63, 3.8) is 0 Å². The van der Waals surface area contributed by atoms with Gasteiger partial charge in [0.05, 0.1) is 0 Å². The molecule has 0 aromatic heterocycles. The van der Waals surface area contributed by atoms with Crippen molar-refractivity contribution in [3.05, 3.63) is 11.6 Å². The molecule has 0 saturated heterocycles. The van der Waals surface area contributed by atoms with Crippen molar-refractivity contribution < 1.29 is 0 Å². The van der Waals surface area contributed by atoms with Crippen LogP contribution < -0.4 is 0 Å². The monoisotopic (exact) mass is 264 g/mol. The Morgan fingerprint density at radius 3 is 2.55 bits per heavy atom. The minimum absolute atomic E-state index is 0.481. The number of alkyl halides is 1. The Kier molecular flexibility index (Phi) is 3.01. The van der Waals surface area contributed by atoms with E-state index in [-0.39, 0.29) is 0 Å². The Hall–Kier alpha value is 0.470. The van der Waals surface area contributed by atoms with Gasteiger partial charge < -0.3 is 0 Å². The minimum atomic E-state index is 0.481. The van der Waals surface area contributed by atoms with E-state index in [4.69, 9.17) is 0 Å². The standard InChI is InChI=1S/C10H17I/c1-8-4-6-9(7-5-8)10(2,3)11/h4,9H,5-7H2,1-3H3. The van der Waals surface area contributed by atoms with E-state index in [0.29, 0.717) is 3.42 Å². The van der Waals surface area contributed by atoms with Crippen LogP contribution in [0.2, 0.25) is 0 Å². The SMILES string of the molecule is CC1=CCC(C(C)(C)I)CC1. The van der Waals surface area contributed by atoms with Gasteiger partial charge in [0.25, 0.3) is 0 Å². The molecule has 1 aliphatic carbocycles. The lowest BCUT2D eigenvalue weighted by molar-refractivity contribution is 0.400. The molecule has 0 bridgehead atoms. The molecule has 1 atom stereocenters. The van der Waals surface area contributed by atoms with E-state index in [2.05, 4.69) is 49.4 Å². The molecule has 0 N–H and O–H groups in total. The lowest BCUT2D eigenvalue weighted by atomic mass is 9.83. The Morgan fingerprint density at radius 1 is 1.55 bits per heavy atom. The first-order valence-corrected chi connectivity index (χ1v) is 5.42. The third-order valence-corrected chi connectivity index (χ3v) is 3.49. The highest BCUT2D eigenvalue weighted by Gasteiger charge is 2.26. The molecule has 0 aromatic carbocycles. The number of hydrogen-bond donors (Lipinski definition) is 0. The zero-order chi connectivity index (χ0) is 8.48. The molecule has 0 saturated carbocycles. The predicted molar refractivity (Wildman–Crippen MR) is 59.2 cm³/mol. The molecule has 64 valence electrons.